The molecule has 0 radical (unpaired) electrons. The average molecular weight is 263 g/mol. The summed E-state index contributed by atoms with van der Waals surface area (Å²) >= 11 is 0. The molecular formula is C17H17N3. The van der Waals surface area contributed by atoms with Crippen LogP contribution in [0.15, 0.2) is 66.9 Å². The summed E-state index contributed by atoms with van der Waals surface area (Å²) in [5.41, 5.74) is 3.42. The molecule has 0 amide bonds. The van der Waals surface area contributed by atoms with Crippen molar-refractivity contribution in [1.82, 2.24) is 15.0 Å². The maximum Gasteiger partial charge on any atom is 0.113 e. The van der Waals surface area contributed by atoms with Crippen LogP contribution in [0, 0.1) is 0 Å². The van der Waals surface area contributed by atoms with E-state index in [0.717, 1.165) is 30.6 Å². The van der Waals surface area contributed by atoms with E-state index in [9.17, 15) is 0 Å². The summed E-state index contributed by atoms with van der Waals surface area (Å²) in [4.78, 5) is 0. The van der Waals surface area contributed by atoms with Crippen molar-refractivity contribution in [3.05, 3.63) is 72.4 Å². The fourth-order valence-electron chi connectivity index (χ4n) is 2.24. The summed E-state index contributed by atoms with van der Waals surface area (Å²) in [7, 11) is 0. The lowest BCUT2D eigenvalue weighted by Gasteiger charge is -2.01. The van der Waals surface area contributed by atoms with Gasteiger partial charge in [0.05, 0.1) is 6.20 Å². The molecule has 1 heterocycles. The fourth-order valence-corrected chi connectivity index (χ4v) is 2.24. The van der Waals surface area contributed by atoms with Gasteiger partial charge in [-0.25, -0.2) is 0 Å². The van der Waals surface area contributed by atoms with Gasteiger partial charge >= 0.3 is 0 Å². The molecule has 0 fully saturated rings. The van der Waals surface area contributed by atoms with E-state index in [0.29, 0.717) is 0 Å². The van der Waals surface area contributed by atoms with Crippen LogP contribution in [0.4, 0.5) is 0 Å². The Morgan fingerprint density at radius 3 is 2.30 bits per heavy atom. The van der Waals surface area contributed by atoms with Crippen LogP contribution in [0.1, 0.15) is 12.0 Å². The highest BCUT2D eigenvalue weighted by molar-refractivity contribution is 5.57. The van der Waals surface area contributed by atoms with E-state index < -0.39 is 0 Å². The smallest absolute Gasteiger partial charge is 0.113 e. The van der Waals surface area contributed by atoms with Crippen molar-refractivity contribution in [3.8, 4) is 11.3 Å². The van der Waals surface area contributed by atoms with E-state index in [4.69, 9.17) is 0 Å². The number of aromatic nitrogens is 3. The molecule has 3 nitrogen and oxygen atoms in total. The molecule has 0 aliphatic rings. The van der Waals surface area contributed by atoms with Crippen molar-refractivity contribution in [2.45, 2.75) is 19.4 Å². The van der Waals surface area contributed by atoms with Gasteiger partial charge in [-0.15, -0.1) is 5.10 Å². The topological polar surface area (TPSA) is 30.7 Å². The molecule has 0 saturated carbocycles. The molecule has 0 N–H and O–H groups in total. The quantitative estimate of drug-likeness (QED) is 0.704. The Kier molecular flexibility index (Phi) is 3.88. The first kappa shape index (κ1) is 12.6. The SMILES string of the molecule is c1ccc(CCCn2cc(-c3ccccc3)nn2)cc1. The maximum atomic E-state index is 4.23. The van der Waals surface area contributed by atoms with Gasteiger partial charge in [-0.1, -0.05) is 65.9 Å². The third-order valence-corrected chi connectivity index (χ3v) is 3.30. The van der Waals surface area contributed by atoms with Crippen molar-refractivity contribution < 1.29 is 0 Å². The van der Waals surface area contributed by atoms with Crippen molar-refractivity contribution in [3.63, 3.8) is 0 Å². The Labute approximate surface area is 118 Å². The summed E-state index contributed by atoms with van der Waals surface area (Å²) in [6, 6.07) is 20.7. The molecule has 100 valence electrons. The zero-order chi connectivity index (χ0) is 13.6. The molecule has 0 spiro atoms. The molecule has 3 aromatic rings. The first-order chi connectivity index (χ1) is 9.92. The summed E-state index contributed by atoms with van der Waals surface area (Å²) in [5.74, 6) is 0. The molecule has 1 aromatic heterocycles. The van der Waals surface area contributed by atoms with Gasteiger partial charge in [0.1, 0.15) is 5.69 Å². The normalized spacial score (nSPS) is 10.6. The zero-order valence-electron chi connectivity index (χ0n) is 11.3. The van der Waals surface area contributed by atoms with E-state index >= 15 is 0 Å². The van der Waals surface area contributed by atoms with E-state index in [1.54, 1.807) is 0 Å². The van der Waals surface area contributed by atoms with Crippen LogP contribution in [-0.2, 0) is 13.0 Å². The van der Waals surface area contributed by atoms with Gasteiger partial charge in [-0.3, -0.25) is 4.68 Å². The first-order valence-electron chi connectivity index (χ1n) is 6.91. The Balaban J connectivity index is 1.58. The highest BCUT2D eigenvalue weighted by Gasteiger charge is 2.02. The van der Waals surface area contributed by atoms with E-state index in [2.05, 4.69) is 46.7 Å². The van der Waals surface area contributed by atoms with Crippen LogP contribution in [0.3, 0.4) is 0 Å². The van der Waals surface area contributed by atoms with Crippen molar-refractivity contribution in [1.29, 1.82) is 0 Å². The van der Waals surface area contributed by atoms with Crippen LogP contribution in [0.25, 0.3) is 11.3 Å². The number of rotatable bonds is 5. The van der Waals surface area contributed by atoms with E-state index in [1.807, 2.05) is 35.1 Å². The van der Waals surface area contributed by atoms with E-state index in [1.165, 1.54) is 5.56 Å². The summed E-state index contributed by atoms with van der Waals surface area (Å²) in [6.45, 7) is 0.898. The predicted molar refractivity (Wildman–Crippen MR) is 80.2 cm³/mol. The predicted octanol–water partition coefficient (Wildman–Crippen LogP) is 3.58. The monoisotopic (exact) mass is 263 g/mol. The van der Waals surface area contributed by atoms with E-state index in [-0.39, 0.29) is 0 Å². The number of hydrogen-bond acceptors (Lipinski definition) is 2. The Morgan fingerprint density at radius 2 is 1.55 bits per heavy atom. The fraction of sp³-hybridized carbons (Fsp3) is 0.176. The Bertz CT molecular complexity index is 644. The lowest BCUT2D eigenvalue weighted by molar-refractivity contribution is 0.559. The minimum absolute atomic E-state index is 0.898. The second-order valence-electron chi connectivity index (χ2n) is 4.82. The van der Waals surface area contributed by atoms with Gasteiger partial charge < -0.3 is 0 Å². The molecule has 0 saturated heterocycles. The second-order valence-corrected chi connectivity index (χ2v) is 4.82. The average Bonchev–Trinajstić information content (AvgIpc) is 2.98. The third-order valence-electron chi connectivity index (χ3n) is 3.30. The second kappa shape index (κ2) is 6.15. The van der Waals surface area contributed by atoms with Crippen molar-refractivity contribution in [2.75, 3.05) is 0 Å². The molecule has 0 atom stereocenters. The number of aryl methyl sites for hydroxylation is 2. The molecular weight excluding hydrogens is 246 g/mol. The Morgan fingerprint density at radius 1 is 0.850 bits per heavy atom. The molecule has 0 bridgehead atoms. The Hall–Kier alpha value is -2.42. The van der Waals surface area contributed by atoms with Crippen molar-refractivity contribution >= 4 is 0 Å². The minimum atomic E-state index is 0.898. The number of hydrogen-bond donors (Lipinski definition) is 0. The van der Waals surface area contributed by atoms with Crippen molar-refractivity contribution in [2.24, 2.45) is 0 Å². The maximum absolute atomic E-state index is 4.23. The minimum Gasteiger partial charge on any atom is -0.252 e. The van der Waals surface area contributed by atoms with Crippen LogP contribution in [-0.4, -0.2) is 15.0 Å². The van der Waals surface area contributed by atoms with Crippen LogP contribution in [0.2, 0.25) is 0 Å². The molecule has 3 rings (SSSR count). The van der Waals surface area contributed by atoms with Gasteiger partial charge in [0.25, 0.3) is 0 Å². The summed E-state index contributed by atoms with van der Waals surface area (Å²) in [5, 5.41) is 8.42. The van der Waals surface area contributed by atoms with Gasteiger partial charge in [0, 0.05) is 12.1 Å². The number of nitrogens with zero attached hydrogens (tertiary/aromatic N) is 3. The zero-order valence-corrected chi connectivity index (χ0v) is 11.3. The highest BCUT2D eigenvalue weighted by Crippen LogP contribution is 2.15. The van der Waals surface area contributed by atoms with Crippen LogP contribution < -0.4 is 0 Å². The summed E-state index contributed by atoms with van der Waals surface area (Å²) in [6.07, 6.45) is 4.16. The molecule has 0 aliphatic heterocycles. The molecule has 3 heteroatoms. The standard InChI is InChI=1S/C17H17N3/c1-3-8-15(9-4-1)10-7-13-20-14-17(18-19-20)16-11-5-2-6-12-16/h1-6,8-9,11-12,14H,7,10,13H2. The highest BCUT2D eigenvalue weighted by atomic mass is 15.4. The summed E-state index contributed by atoms with van der Waals surface area (Å²) < 4.78 is 1.92. The van der Waals surface area contributed by atoms with Crippen LogP contribution >= 0.6 is 0 Å². The van der Waals surface area contributed by atoms with Crippen LogP contribution in [0.5, 0.6) is 0 Å². The molecule has 2 aromatic carbocycles. The lowest BCUT2D eigenvalue weighted by atomic mass is 10.1. The molecule has 0 aliphatic carbocycles. The molecule has 20 heavy (non-hydrogen) atoms. The number of benzene rings is 2. The van der Waals surface area contributed by atoms with Gasteiger partial charge in [0.2, 0.25) is 0 Å². The van der Waals surface area contributed by atoms with Gasteiger partial charge in [0.15, 0.2) is 0 Å². The first-order valence-corrected chi connectivity index (χ1v) is 6.91. The lowest BCUT2D eigenvalue weighted by Crippen LogP contribution is -2.00. The van der Waals surface area contributed by atoms with Gasteiger partial charge in [-0.05, 0) is 18.4 Å². The third kappa shape index (κ3) is 3.12. The largest absolute Gasteiger partial charge is 0.252 e. The van der Waals surface area contributed by atoms with Gasteiger partial charge in [-0.2, -0.15) is 0 Å². The molecule has 0 unspecified atom stereocenters.